The first-order valence-electron chi connectivity index (χ1n) is 9.87. The van der Waals surface area contributed by atoms with Crippen molar-refractivity contribution in [3.8, 4) is 28.5 Å². The molecule has 154 valence electrons. The highest BCUT2D eigenvalue weighted by Gasteiger charge is 2.18. The van der Waals surface area contributed by atoms with Gasteiger partial charge in [-0.05, 0) is 55.3 Å². The van der Waals surface area contributed by atoms with Crippen molar-refractivity contribution in [1.29, 1.82) is 0 Å². The van der Waals surface area contributed by atoms with Gasteiger partial charge in [0.15, 0.2) is 11.5 Å². The van der Waals surface area contributed by atoms with Crippen LogP contribution in [0.3, 0.4) is 0 Å². The van der Waals surface area contributed by atoms with Crippen LogP contribution in [0.15, 0.2) is 36.4 Å². The number of aromatic nitrogens is 1. The number of carboxylic acids is 1. The lowest BCUT2D eigenvalue weighted by Gasteiger charge is -2.11. The number of rotatable bonds is 10. The van der Waals surface area contributed by atoms with Gasteiger partial charge >= 0.3 is 5.97 Å². The van der Waals surface area contributed by atoms with Crippen molar-refractivity contribution in [2.45, 2.75) is 33.1 Å². The zero-order valence-electron chi connectivity index (χ0n) is 17.1. The number of carbonyl (C=O) groups is 1. The van der Waals surface area contributed by atoms with Crippen LogP contribution in [0.25, 0.3) is 22.2 Å². The van der Waals surface area contributed by atoms with E-state index in [1.54, 1.807) is 7.11 Å². The molecule has 0 fully saturated rings. The fourth-order valence-corrected chi connectivity index (χ4v) is 3.33. The number of methoxy groups -OCH3 is 1. The molecule has 6 heteroatoms. The van der Waals surface area contributed by atoms with Crippen molar-refractivity contribution in [3.63, 3.8) is 0 Å². The number of aromatic amines is 1. The predicted octanol–water partition coefficient (Wildman–Crippen LogP) is 5.05. The predicted molar refractivity (Wildman–Crippen MR) is 113 cm³/mol. The lowest BCUT2D eigenvalue weighted by atomic mass is 10.0. The van der Waals surface area contributed by atoms with E-state index in [1.165, 1.54) is 0 Å². The molecule has 0 atom stereocenters. The third-order valence-corrected chi connectivity index (χ3v) is 4.72. The van der Waals surface area contributed by atoms with Gasteiger partial charge in [-0.25, -0.2) is 0 Å². The molecule has 0 aliphatic carbocycles. The number of fused-ring (bicyclic) bond motifs is 1. The number of unbranched alkanes of at least 4 members (excludes halogenated alkanes) is 1. The van der Waals surface area contributed by atoms with Gasteiger partial charge in [0.1, 0.15) is 5.75 Å². The third-order valence-electron chi connectivity index (χ3n) is 4.72. The average Bonchev–Trinajstić information content (AvgIpc) is 3.06. The monoisotopic (exact) mass is 397 g/mol. The van der Waals surface area contributed by atoms with Crippen LogP contribution in [0.4, 0.5) is 0 Å². The highest BCUT2D eigenvalue weighted by atomic mass is 16.5. The molecule has 3 aromatic rings. The maximum absolute atomic E-state index is 11.6. The van der Waals surface area contributed by atoms with Crippen molar-refractivity contribution < 1.29 is 24.1 Å². The van der Waals surface area contributed by atoms with Crippen molar-refractivity contribution in [2.75, 3.05) is 20.3 Å². The molecule has 0 saturated heterocycles. The van der Waals surface area contributed by atoms with E-state index in [2.05, 4.69) is 11.9 Å². The normalized spacial score (nSPS) is 10.9. The van der Waals surface area contributed by atoms with E-state index in [1.807, 2.05) is 43.3 Å². The van der Waals surface area contributed by atoms with Gasteiger partial charge in [0.25, 0.3) is 0 Å². The SMILES string of the molecule is CCCCOc1ccc2[nH]c(-c3ccc(OC)c(OCC)c3)c(CC(=O)O)c2c1. The molecule has 6 nitrogen and oxygen atoms in total. The second-order valence-electron chi connectivity index (χ2n) is 6.76. The molecule has 3 rings (SSSR count). The minimum atomic E-state index is -0.886. The molecular formula is C23H27NO5. The van der Waals surface area contributed by atoms with Crippen molar-refractivity contribution in [1.82, 2.24) is 4.98 Å². The fourth-order valence-electron chi connectivity index (χ4n) is 3.33. The molecular weight excluding hydrogens is 370 g/mol. The Bertz CT molecular complexity index is 992. The molecule has 0 saturated carbocycles. The van der Waals surface area contributed by atoms with Gasteiger partial charge in [-0.2, -0.15) is 0 Å². The number of carboxylic acid groups (broad SMARTS) is 1. The molecule has 0 radical (unpaired) electrons. The Balaban J connectivity index is 2.09. The molecule has 2 aromatic carbocycles. The lowest BCUT2D eigenvalue weighted by molar-refractivity contribution is -0.136. The van der Waals surface area contributed by atoms with Gasteiger partial charge in [-0.15, -0.1) is 0 Å². The lowest BCUT2D eigenvalue weighted by Crippen LogP contribution is -2.01. The van der Waals surface area contributed by atoms with Crippen LogP contribution in [0, 0.1) is 0 Å². The van der Waals surface area contributed by atoms with Crippen LogP contribution in [0.2, 0.25) is 0 Å². The Morgan fingerprint density at radius 1 is 1.07 bits per heavy atom. The molecule has 0 amide bonds. The summed E-state index contributed by atoms with van der Waals surface area (Å²) in [5, 5.41) is 10.3. The Kier molecular flexibility index (Phi) is 6.65. The Morgan fingerprint density at radius 2 is 1.90 bits per heavy atom. The highest BCUT2D eigenvalue weighted by molar-refractivity contribution is 5.95. The zero-order valence-corrected chi connectivity index (χ0v) is 17.1. The van der Waals surface area contributed by atoms with E-state index in [0.717, 1.165) is 46.3 Å². The fraction of sp³-hybridized carbons (Fsp3) is 0.348. The van der Waals surface area contributed by atoms with Crippen molar-refractivity contribution in [3.05, 3.63) is 42.0 Å². The molecule has 0 unspecified atom stereocenters. The van der Waals surface area contributed by atoms with Crippen LogP contribution < -0.4 is 14.2 Å². The molecule has 0 aliphatic rings. The minimum Gasteiger partial charge on any atom is -0.494 e. The van der Waals surface area contributed by atoms with E-state index in [-0.39, 0.29) is 6.42 Å². The topological polar surface area (TPSA) is 80.8 Å². The molecule has 0 spiro atoms. The third kappa shape index (κ3) is 4.65. The average molecular weight is 397 g/mol. The summed E-state index contributed by atoms with van der Waals surface area (Å²) in [5.41, 5.74) is 3.20. The van der Waals surface area contributed by atoms with Gasteiger partial charge in [-0.1, -0.05) is 13.3 Å². The summed E-state index contributed by atoms with van der Waals surface area (Å²) in [6.45, 7) is 5.17. The Labute approximate surface area is 170 Å². The van der Waals surface area contributed by atoms with Crippen LogP contribution >= 0.6 is 0 Å². The summed E-state index contributed by atoms with van der Waals surface area (Å²) >= 11 is 0. The van der Waals surface area contributed by atoms with Gasteiger partial charge < -0.3 is 24.3 Å². The van der Waals surface area contributed by atoms with E-state index in [9.17, 15) is 9.90 Å². The van der Waals surface area contributed by atoms with E-state index in [4.69, 9.17) is 14.2 Å². The molecule has 2 N–H and O–H groups in total. The summed E-state index contributed by atoms with van der Waals surface area (Å²) in [7, 11) is 1.59. The largest absolute Gasteiger partial charge is 0.494 e. The highest BCUT2D eigenvalue weighted by Crippen LogP contribution is 2.37. The first kappa shape index (κ1) is 20.6. The zero-order chi connectivity index (χ0) is 20.8. The van der Waals surface area contributed by atoms with Gasteiger partial charge in [0.05, 0.1) is 32.4 Å². The first-order valence-corrected chi connectivity index (χ1v) is 9.87. The van der Waals surface area contributed by atoms with Gasteiger partial charge in [-0.3, -0.25) is 4.79 Å². The van der Waals surface area contributed by atoms with E-state index < -0.39 is 5.97 Å². The molecule has 1 heterocycles. The van der Waals surface area contributed by atoms with Crippen LogP contribution in [-0.4, -0.2) is 36.4 Å². The number of hydrogen-bond donors (Lipinski definition) is 2. The molecule has 0 bridgehead atoms. The summed E-state index contributed by atoms with van der Waals surface area (Å²) < 4.78 is 16.9. The quantitative estimate of drug-likeness (QED) is 0.468. The molecule has 0 aliphatic heterocycles. The van der Waals surface area contributed by atoms with Crippen LogP contribution in [-0.2, 0) is 11.2 Å². The molecule has 29 heavy (non-hydrogen) atoms. The van der Waals surface area contributed by atoms with Crippen molar-refractivity contribution in [2.24, 2.45) is 0 Å². The van der Waals surface area contributed by atoms with Gasteiger partial charge in [0, 0.05) is 16.5 Å². The van der Waals surface area contributed by atoms with Crippen molar-refractivity contribution >= 4 is 16.9 Å². The number of nitrogens with one attached hydrogen (secondary N) is 1. The summed E-state index contributed by atoms with van der Waals surface area (Å²) in [6, 6.07) is 11.3. The number of hydrogen-bond acceptors (Lipinski definition) is 4. The smallest absolute Gasteiger partial charge is 0.307 e. The van der Waals surface area contributed by atoms with E-state index in [0.29, 0.717) is 24.7 Å². The van der Waals surface area contributed by atoms with E-state index >= 15 is 0 Å². The number of benzene rings is 2. The van der Waals surface area contributed by atoms with Crippen LogP contribution in [0.5, 0.6) is 17.2 Å². The standard InChI is InChI=1S/C23H27NO5/c1-4-6-11-29-16-8-9-19-17(13-16)18(14-22(25)26)23(24-19)15-7-10-20(27-3)21(12-15)28-5-2/h7-10,12-13,24H,4-6,11,14H2,1-3H3,(H,25,26). The number of aliphatic carboxylic acids is 1. The maximum atomic E-state index is 11.6. The van der Waals surface area contributed by atoms with Gasteiger partial charge in [0.2, 0.25) is 0 Å². The second-order valence-corrected chi connectivity index (χ2v) is 6.76. The first-order chi connectivity index (χ1) is 14.1. The number of ether oxygens (including phenoxy) is 3. The maximum Gasteiger partial charge on any atom is 0.307 e. The Morgan fingerprint density at radius 3 is 2.59 bits per heavy atom. The summed E-state index contributed by atoms with van der Waals surface area (Å²) in [6.07, 6.45) is 1.94. The summed E-state index contributed by atoms with van der Waals surface area (Å²) in [4.78, 5) is 14.9. The second kappa shape index (κ2) is 9.37. The number of H-pyrrole nitrogens is 1. The van der Waals surface area contributed by atoms with Crippen LogP contribution in [0.1, 0.15) is 32.3 Å². The summed E-state index contributed by atoms with van der Waals surface area (Å²) in [5.74, 6) is 1.12. The minimum absolute atomic E-state index is 0.0935. The Hall–Kier alpha value is -3.15. The molecule has 1 aromatic heterocycles.